The summed E-state index contributed by atoms with van der Waals surface area (Å²) >= 11 is 1.26. The minimum absolute atomic E-state index is 0.0997. The van der Waals surface area contributed by atoms with Gasteiger partial charge < -0.3 is 20.6 Å². The Labute approximate surface area is 287 Å². The number of halogens is 3. The summed E-state index contributed by atoms with van der Waals surface area (Å²) < 4.78 is 38.5. The number of carbonyl (C=O) groups is 3. The maximum Gasteiger partial charge on any atom is 0.416 e. The first-order chi connectivity index (χ1) is 23.3. The zero-order valence-electron chi connectivity index (χ0n) is 27.1. The predicted molar refractivity (Wildman–Crippen MR) is 186 cm³/mol. The van der Waals surface area contributed by atoms with Crippen LogP contribution in [0.3, 0.4) is 0 Å². The predicted octanol–water partition coefficient (Wildman–Crippen LogP) is 8.04. The zero-order valence-corrected chi connectivity index (χ0v) is 28.0. The number of hydrogen-bond acceptors (Lipinski definition) is 6. The van der Waals surface area contributed by atoms with Gasteiger partial charge in [-0.3, -0.25) is 19.4 Å². The summed E-state index contributed by atoms with van der Waals surface area (Å²) in [5.74, 6) is -1.37. The first kappa shape index (κ1) is 35.5. The third-order valence-corrected chi connectivity index (χ3v) is 9.66. The Balaban J connectivity index is 1.39. The lowest BCUT2D eigenvalue weighted by Gasteiger charge is -2.29. The Morgan fingerprint density at radius 3 is 2.31 bits per heavy atom. The highest BCUT2D eigenvalue weighted by atomic mass is 32.2. The summed E-state index contributed by atoms with van der Waals surface area (Å²) in [4.78, 5) is 45.0. The molecule has 0 atom stereocenters. The molecule has 0 aliphatic carbocycles. The molecule has 0 radical (unpaired) electrons. The van der Waals surface area contributed by atoms with E-state index in [-0.39, 0.29) is 18.0 Å². The zero-order chi connectivity index (χ0) is 35.2. The van der Waals surface area contributed by atoms with Crippen LogP contribution in [-0.4, -0.2) is 45.7 Å². The molecule has 0 unspecified atom stereocenters. The monoisotopic (exact) mass is 690 g/mol. The number of benzene rings is 3. The first-order valence-electron chi connectivity index (χ1n) is 15.9. The highest BCUT2D eigenvalue weighted by molar-refractivity contribution is 8.00. The van der Waals surface area contributed by atoms with Crippen molar-refractivity contribution in [3.05, 3.63) is 113 Å². The second-order valence-electron chi connectivity index (χ2n) is 12.3. The van der Waals surface area contributed by atoms with Crippen molar-refractivity contribution in [1.82, 2.24) is 10.3 Å². The van der Waals surface area contributed by atoms with Gasteiger partial charge in [0, 0.05) is 54.0 Å². The SMILES string of the molecule is CC(C)(SCc1cccc(C(=O)Nc2ccc(N3CCCCC3)cc2-c2cc(C(=O)NCc3cccc(C(F)(F)F)c3)ccn2)c1)C(=O)O. The van der Waals surface area contributed by atoms with Gasteiger partial charge >= 0.3 is 12.1 Å². The largest absolute Gasteiger partial charge is 0.480 e. The number of carbonyl (C=O) groups excluding carboxylic acids is 2. The van der Waals surface area contributed by atoms with Crippen molar-refractivity contribution in [3.8, 4) is 11.3 Å². The van der Waals surface area contributed by atoms with Crippen LogP contribution in [-0.2, 0) is 23.3 Å². The number of aromatic nitrogens is 1. The molecular formula is C37H37F3N4O4S. The smallest absolute Gasteiger partial charge is 0.416 e. The Bertz CT molecular complexity index is 1840. The highest BCUT2D eigenvalue weighted by Crippen LogP contribution is 2.34. The van der Waals surface area contributed by atoms with Crippen LogP contribution in [0.5, 0.6) is 0 Å². The van der Waals surface area contributed by atoms with Gasteiger partial charge in [-0.1, -0.05) is 24.3 Å². The molecule has 3 aromatic carbocycles. The van der Waals surface area contributed by atoms with Crippen LogP contribution in [0.2, 0.25) is 0 Å². The van der Waals surface area contributed by atoms with Crippen molar-refractivity contribution >= 4 is 40.9 Å². The molecule has 2 amide bonds. The van der Waals surface area contributed by atoms with E-state index in [1.807, 2.05) is 24.3 Å². The van der Waals surface area contributed by atoms with Crippen molar-refractivity contribution in [2.75, 3.05) is 23.3 Å². The Morgan fingerprint density at radius 1 is 0.857 bits per heavy atom. The lowest BCUT2D eigenvalue weighted by Crippen LogP contribution is -2.29. The molecule has 0 spiro atoms. The molecule has 1 saturated heterocycles. The van der Waals surface area contributed by atoms with E-state index in [1.165, 1.54) is 36.2 Å². The minimum Gasteiger partial charge on any atom is -0.480 e. The van der Waals surface area contributed by atoms with Gasteiger partial charge in [-0.05, 0) is 98.8 Å². The van der Waals surface area contributed by atoms with Crippen molar-refractivity contribution in [2.24, 2.45) is 0 Å². The van der Waals surface area contributed by atoms with Gasteiger partial charge in [0.1, 0.15) is 4.75 Å². The summed E-state index contributed by atoms with van der Waals surface area (Å²) in [5.41, 5.74) is 3.44. The summed E-state index contributed by atoms with van der Waals surface area (Å²) in [6, 6.07) is 20.6. The van der Waals surface area contributed by atoms with Crippen molar-refractivity contribution < 1.29 is 32.7 Å². The van der Waals surface area contributed by atoms with Crippen LogP contribution in [0.1, 0.15) is 70.5 Å². The number of nitrogens with zero attached hydrogens (tertiary/aromatic N) is 2. The topological polar surface area (TPSA) is 112 Å². The summed E-state index contributed by atoms with van der Waals surface area (Å²) in [6.07, 6.45) is 0.268. The summed E-state index contributed by atoms with van der Waals surface area (Å²) in [7, 11) is 0. The van der Waals surface area contributed by atoms with Gasteiger partial charge in [0.05, 0.1) is 16.9 Å². The number of alkyl halides is 3. The second-order valence-corrected chi connectivity index (χ2v) is 13.9. The standard InChI is InChI=1S/C37H37F3N4O4S/c1-36(2,35(47)48)49-23-25-9-6-10-26(18-25)34(46)43-31-13-12-29(44-16-4-3-5-17-44)21-30(31)32-20-27(14-15-41-32)33(45)42-22-24-8-7-11-28(19-24)37(38,39)40/h6-15,18-21H,3-5,16-17,22-23H2,1-2H3,(H,42,45)(H,43,46)(H,47,48). The van der Waals surface area contributed by atoms with E-state index in [4.69, 9.17) is 0 Å². The number of carboxylic acid groups (broad SMARTS) is 1. The van der Waals surface area contributed by atoms with Crippen molar-refractivity contribution in [2.45, 2.75) is 56.3 Å². The lowest BCUT2D eigenvalue weighted by molar-refractivity contribution is -0.139. The Morgan fingerprint density at radius 2 is 1.57 bits per heavy atom. The van der Waals surface area contributed by atoms with E-state index in [0.717, 1.165) is 55.7 Å². The number of pyridine rings is 1. The molecule has 0 saturated carbocycles. The number of nitrogens with one attached hydrogen (secondary N) is 2. The molecule has 256 valence electrons. The molecule has 0 bridgehead atoms. The highest BCUT2D eigenvalue weighted by Gasteiger charge is 2.30. The van der Waals surface area contributed by atoms with E-state index < -0.39 is 28.4 Å². The van der Waals surface area contributed by atoms with Gasteiger partial charge in [-0.15, -0.1) is 11.8 Å². The van der Waals surface area contributed by atoms with Crippen LogP contribution < -0.4 is 15.5 Å². The first-order valence-corrected chi connectivity index (χ1v) is 16.9. The number of carboxylic acids is 1. The quantitative estimate of drug-likeness (QED) is 0.146. The number of amides is 2. The number of thioether (sulfide) groups is 1. The van der Waals surface area contributed by atoms with Crippen LogP contribution >= 0.6 is 11.8 Å². The van der Waals surface area contributed by atoms with Gasteiger partial charge in [0.2, 0.25) is 0 Å². The fourth-order valence-corrected chi connectivity index (χ4v) is 6.22. The second kappa shape index (κ2) is 15.1. The lowest BCUT2D eigenvalue weighted by atomic mass is 10.0. The van der Waals surface area contributed by atoms with Gasteiger partial charge in [-0.25, -0.2) is 0 Å². The normalized spacial score (nSPS) is 13.5. The van der Waals surface area contributed by atoms with Crippen LogP contribution in [0.15, 0.2) is 85.1 Å². The molecule has 8 nitrogen and oxygen atoms in total. The van der Waals surface area contributed by atoms with E-state index in [1.54, 1.807) is 38.1 Å². The number of hydrogen-bond donors (Lipinski definition) is 3. The third kappa shape index (κ3) is 9.20. The van der Waals surface area contributed by atoms with Crippen molar-refractivity contribution in [1.29, 1.82) is 0 Å². The molecule has 3 N–H and O–H groups in total. The fourth-order valence-electron chi connectivity index (χ4n) is 5.39. The molecule has 1 aliphatic heterocycles. The molecule has 5 rings (SSSR count). The molecular weight excluding hydrogens is 653 g/mol. The van der Waals surface area contributed by atoms with Crippen LogP contribution in [0, 0.1) is 0 Å². The minimum atomic E-state index is -4.49. The molecule has 1 fully saturated rings. The van der Waals surface area contributed by atoms with E-state index in [9.17, 15) is 32.7 Å². The van der Waals surface area contributed by atoms with Gasteiger partial charge in [0.15, 0.2) is 0 Å². The number of rotatable bonds is 11. The van der Waals surface area contributed by atoms with E-state index in [0.29, 0.717) is 33.8 Å². The van der Waals surface area contributed by atoms with Crippen LogP contribution in [0.25, 0.3) is 11.3 Å². The number of anilines is 2. The Kier molecular flexibility index (Phi) is 11.0. The number of aliphatic carboxylic acids is 1. The van der Waals surface area contributed by atoms with Crippen LogP contribution in [0.4, 0.5) is 24.5 Å². The Hall–Kier alpha value is -4.84. The fraction of sp³-hybridized carbons (Fsp3) is 0.297. The molecule has 1 aromatic heterocycles. The van der Waals surface area contributed by atoms with Crippen molar-refractivity contribution in [3.63, 3.8) is 0 Å². The average Bonchev–Trinajstić information content (AvgIpc) is 3.10. The third-order valence-electron chi connectivity index (χ3n) is 8.28. The molecule has 1 aliphatic rings. The summed E-state index contributed by atoms with van der Waals surface area (Å²) in [6.45, 7) is 4.95. The average molecular weight is 691 g/mol. The molecule has 4 aromatic rings. The summed E-state index contributed by atoms with van der Waals surface area (Å²) in [5, 5.41) is 15.1. The van der Waals surface area contributed by atoms with E-state index >= 15 is 0 Å². The maximum absolute atomic E-state index is 13.5. The van der Waals surface area contributed by atoms with Gasteiger partial charge in [0.25, 0.3) is 11.8 Å². The van der Waals surface area contributed by atoms with Gasteiger partial charge in [-0.2, -0.15) is 13.2 Å². The molecule has 2 heterocycles. The molecule has 12 heteroatoms. The maximum atomic E-state index is 13.5. The number of piperidine rings is 1. The van der Waals surface area contributed by atoms with E-state index in [2.05, 4.69) is 20.5 Å². The molecule has 49 heavy (non-hydrogen) atoms.